The first-order valence-electron chi connectivity index (χ1n) is 14.5. The van der Waals surface area contributed by atoms with Crippen molar-refractivity contribution in [2.45, 2.75) is 96.4 Å². The van der Waals surface area contributed by atoms with Crippen molar-refractivity contribution >= 4 is 17.7 Å². The van der Waals surface area contributed by atoms with Gasteiger partial charge in [0.05, 0.1) is 17.4 Å². The van der Waals surface area contributed by atoms with Crippen molar-refractivity contribution in [3.05, 3.63) is 25.3 Å². The lowest BCUT2D eigenvalue weighted by molar-refractivity contribution is -0.155. The zero-order valence-corrected chi connectivity index (χ0v) is 24.2. The van der Waals surface area contributed by atoms with Gasteiger partial charge in [-0.1, -0.05) is 39.3 Å². The Bertz CT molecular complexity index is 908. The molecular weight excluding hydrogens is 482 g/mol. The van der Waals surface area contributed by atoms with Crippen LogP contribution in [0.5, 0.6) is 0 Å². The smallest absolute Gasteiger partial charge is 0.248 e. The Kier molecular flexibility index (Phi) is 9.85. The van der Waals surface area contributed by atoms with Gasteiger partial charge >= 0.3 is 0 Å². The third-order valence-electron chi connectivity index (χ3n) is 9.12. The van der Waals surface area contributed by atoms with Gasteiger partial charge in [-0.2, -0.15) is 0 Å². The van der Waals surface area contributed by atoms with Crippen LogP contribution in [0.25, 0.3) is 0 Å². The third-order valence-corrected chi connectivity index (χ3v) is 9.12. The van der Waals surface area contributed by atoms with Gasteiger partial charge < -0.3 is 24.5 Å². The van der Waals surface area contributed by atoms with Crippen LogP contribution < -0.4 is 0 Å². The summed E-state index contributed by atoms with van der Waals surface area (Å²) in [4.78, 5) is 48.1. The van der Waals surface area contributed by atoms with Crippen molar-refractivity contribution in [3.63, 3.8) is 0 Å². The summed E-state index contributed by atoms with van der Waals surface area (Å²) in [7, 11) is 0. The zero-order valence-electron chi connectivity index (χ0n) is 24.2. The van der Waals surface area contributed by atoms with E-state index in [1.807, 2.05) is 25.7 Å². The average Bonchev–Trinajstić information content (AvgIpc) is 3.38. The van der Waals surface area contributed by atoms with Crippen molar-refractivity contribution in [2.24, 2.45) is 17.8 Å². The Labute approximate surface area is 229 Å². The monoisotopic (exact) mass is 531 g/mol. The summed E-state index contributed by atoms with van der Waals surface area (Å²) in [5.74, 6) is -1.77. The molecule has 7 atom stereocenters. The number of hydrogen-bond acceptors (Lipinski definition) is 5. The molecule has 3 aliphatic rings. The van der Waals surface area contributed by atoms with Crippen LogP contribution in [0.1, 0.15) is 73.1 Å². The minimum absolute atomic E-state index is 0.00122. The molecule has 3 fully saturated rings. The second-order valence-electron chi connectivity index (χ2n) is 11.7. The summed E-state index contributed by atoms with van der Waals surface area (Å²) in [5.41, 5.74) is -1.89. The van der Waals surface area contributed by atoms with Gasteiger partial charge in [0, 0.05) is 38.8 Å². The fraction of sp³-hybridized carbons (Fsp3) is 0.767. The number of unbranched alkanes of at least 4 members (excludes halogenated alkanes) is 1. The van der Waals surface area contributed by atoms with E-state index in [1.165, 1.54) is 0 Å². The number of nitrogens with zero attached hydrogens (tertiary/aromatic N) is 3. The molecule has 0 saturated carbocycles. The van der Waals surface area contributed by atoms with Crippen LogP contribution in [0.15, 0.2) is 25.3 Å². The van der Waals surface area contributed by atoms with Gasteiger partial charge in [-0.3, -0.25) is 14.4 Å². The zero-order chi connectivity index (χ0) is 28.3. The predicted octanol–water partition coefficient (Wildman–Crippen LogP) is 3.40. The molecule has 214 valence electrons. The van der Waals surface area contributed by atoms with Crippen LogP contribution in [0.2, 0.25) is 0 Å². The molecule has 8 heteroatoms. The van der Waals surface area contributed by atoms with Gasteiger partial charge in [-0.25, -0.2) is 0 Å². The predicted molar refractivity (Wildman–Crippen MR) is 148 cm³/mol. The van der Waals surface area contributed by atoms with Crippen molar-refractivity contribution < 1.29 is 24.2 Å². The first kappa shape index (κ1) is 30.4. The molecule has 3 saturated heterocycles. The highest BCUT2D eigenvalue weighted by Crippen LogP contribution is 2.65. The van der Waals surface area contributed by atoms with Crippen molar-refractivity contribution in [3.8, 4) is 0 Å². The minimum Gasteiger partial charge on any atom is -0.396 e. The van der Waals surface area contributed by atoms with E-state index in [1.54, 1.807) is 22.0 Å². The van der Waals surface area contributed by atoms with Gasteiger partial charge in [-0.15, -0.1) is 13.2 Å². The van der Waals surface area contributed by atoms with Gasteiger partial charge in [0.1, 0.15) is 11.6 Å². The first-order chi connectivity index (χ1) is 18.1. The molecule has 4 unspecified atom stereocenters. The molecule has 1 spiro atoms. The minimum atomic E-state index is -1.06. The summed E-state index contributed by atoms with van der Waals surface area (Å²) < 4.78 is 6.87. The normalized spacial score (nSPS) is 32.3. The second kappa shape index (κ2) is 12.3. The van der Waals surface area contributed by atoms with E-state index in [4.69, 9.17) is 4.74 Å². The number of aliphatic hydroxyl groups is 1. The number of carbonyl (C=O) groups excluding carboxylic acids is 3. The summed E-state index contributed by atoms with van der Waals surface area (Å²) in [6.07, 6.45) is 7.67. The number of aliphatic hydroxyl groups excluding tert-OH is 1. The number of likely N-dealkylation sites (tertiary alicyclic amines) is 1. The topological polar surface area (TPSA) is 90.4 Å². The molecule has 3 amide bonds. The molecule has 0 aromatic heterocycles. The van der Waals surface area contributed by atoms with E-state index >= 15 is 0 Å². The number of carbonyl (C=O) groups is 3. The lowest BCUT2D eigenvalue weighted by Crippen LogP contribution is -2.58. The van der Waals surface area contributed by atoms with Crippen LogP contribution in [0.3, 0.4) is 0 Å². The highest BCUT2D eigenvalue weighted by Gasteiger charge is 2.80. The third kappa shape index (κ3) is 4.94. The molecule has 0 aromatic carbocycles. The van der Waals surface area contributed by atoms with Gasteiger partial charge in [0.25, 0.3) is 0 Å². The van der Waals surface area contributed by atoms with Crippen LogP contribution in [0.4, 0.5) is 0 Å². The molecule has 0 aromatic rings. The first-order valence-corrected chi connectivity index (χ1v) is 14.5. The summed E-state index contributed by atoms with van der Waals surface area (Å²) >= 11 is 0. The largest absolute Gasteiger partial charge is 0.396 e. The van der Waals surface area contributed by atoms with E-state index in [0.29, 0.717) is 45.4 Å². The molecule has 0 radical (unpaired) electrons. The number of amides is 3. The lowest BCUT2D eigenvalue weighted by atomic mass is 9.62. The van der Waals surface area contributed by atoms with E-state index in [9.17, 15) is 19.5 Å². The number of hydrogen-bond donors (Lipinski definition) is 1. The van der Waals surface area contributed by atoms with Crippen molar-refractivity contribution in [2.75, 3.05) is 32.8 Å². The lowest BCUT2D eigenvalue weighted by Gasteiger charge is -2.39. The van der Waals surface area contributed by atoms with Crippen LogP contribution in [0, 0.1) is 17.8 Å². The number of fused-ring (bicyclic) bond motifs is 1. The van der Waals surface area contributed by atoms with Gasteiger partial charge in [0.15, 0.2) is 0 Å². The Hall–Kier alpha value is -2.19. The Balaban J connectivity index is 2.11. The SMILES string of the molecule is C=CCN(CCC)C(=O)[C@@H]1[C@H]2C(=O)N(CCCCO)C(C(=O)N(CC=C)C(C)CCC)C23CC(C)[C@@]1(C)O3. The maximum atomic E-state index is 14.4. The maximum Gasteiger partial charge on any atom is 0.248 e. The fourth-order valence-electron chi connectivity index (χ4n) is 7.30. The molecule has 2 bridgehead atoms. The van der Waals surface area contributed by atoms with E-state index in [-0.39, 0.29) is 36.3 Å². The summed E-state index contributed by atoms with van der Waals surface area (Å²) in [6, 6.07) is -0.828. The van der Waals surface area contributed by atoms with E-state index in [0.717, 1.165) is 19.3 Å². The van der Waals surface area contributed by atoms with E-state index < -0.39 is 29.1 Å². The highest BCUT2D eigenvalue weighted by atomic mass is 16.5. The molecule has 8 nitrogen and oxygen atoms in total. The van der Waals surface area contributed by atoms with Crippen LogP contribution in [-0.4, -0.2) is 93.6 Å². The van der Waals surface area contributed by atoms with Crippen LogP contribution >= 0.6 is 0 Å². The Morgan fingerprint density at radius 1 is 1.18 bits per heavy atom. The molecule has 38 heavy (non-hydrogen) atoms. The van der Waals surface area contributed by atoms with Crippen molar-refractivity contribution in [1.29, 1.82) is 0 Å². The highest BCUT2D eigenvalue weighted by molar-refractivity contribution is 5.99. The standard InChI is InChI=1S/C30H49N3O5/c1-8-14-22(6)32(17-11-4)28(37)25-30-20-21(5)29(7,38-30)23(26(35)31(15-9-2)16-10-3)24(30)27(36)33(25)18-12-13-19-34/h9,11,21-25,34H,2,4,8,10,12-20H2,1,3,5-7H3/t21?,22?,23-,24-,25?,29+,30?/m0/s1. The number of rotatable bonds is 15. The summed E-state index contributed by atoms with van der Waals surface area (Å²) in [5, 5.41) is 9.41. The molecule has 1 N–H and O–H groups in total. The summed E-state index contributed by atoms with van der Waals surface area (Å²) in [6.45, 7) is 19.6. The molecule has 3 aliphatic heterocycles. The Morgan fingerprint density at radius 3 is 2.45 bits per heavy atom. The maximum absolute atomic E-state index is 14.4. The van der Waals surface area contributed by atoms with Crippen molar-refractivity contribution in [1.82, 2.24) is 14.7 Å². The molecule has 3 rings (SSSR count). The fourth-order valence-corrected chi connectivity index (χ4v) is 7.30. The van der Waals surface area contributed by atoms with Crippen LogP contribution in [-0.2, 0) is 19.1 Å². The molecular formula is C30H49N3O5. The van der Waals surface area contributed by atoms with Gasteiger partial charge in [-0.05, 0) is 51.9 Å². The molecule has 3 heterocycles. The second-order valence-corrected chi connectivity index (χ2v) is 11.7. The quantitative estimate of drug-likeness (QED) is 0.258. The molecule has 0 aliphatic carbocycles. The number of ether oxygens (including phenoxy) is 1. The average molecular weight is 532 g/mol. The van der Waals surface area contributed by atoms with E-state index in [2.05, 4.69) is 27.0 Å². The van der Waals surface area contributed by atoms with Gasteiger partial charge in [0.2, 0.25) is 17.7 Å². The Morgan fingerprint density at radius 2 is 1.87 bits per heavy atom.